The van der Waals surface area contributed by atoms with Crippen LogP contribution in [0.15, 0.2) is 18.2 Å². The van der Waals surface area contributed by atoms with Crippen LogP contribution in [0.2, 0.25) is 5.02 Å². The Balaban J connectivity index is 0.00000264. The fraction of sp³-hybridized carbons (Fsp3) is 0.500. The minimum Gasteiger partial charge on any atom is -0.355 e. The number of anilines is 1. The summed E-state index contributed by atoms with van der Waals surface area (Å²) in [6.45, 7) is 5.91. The van der Waals surface area contributed by atoms with E-state index in [1.165, 1.54) is 0 Å². The number of rotatable bonds is 6. The molecule has 0 bridgehead atoms. The highest BCUT2D eigenvalue weighted by atomic mass is 35.5. The van der Waals surface area contributed by atoms with Crippen molar-refractivity contribution in [2.24, 2.45) is 11.8 Å². The van der Waals surface area contributed by atoms with Crippen LogP contribution in [0.25, 0.3) is 0 Å². The molecule has 1 fully saturated rings. The molecule has 2 amide bonds. The van der Waals surface area contributed by atoms with E-state index >= 15 is 0 Å². The summed E-state index contributed by atoms with van der Waals surface area (Å²) in [6, 6.07) is 5.38. The molecule has 7 heteroatoms. The molecule has 128 valence electrons. The zero-order chi connectivity index (χ0) is 16.1. The van der Waals surface area contributed by atoms with Gasteiger partial charge in [-0.15, -0.1) is 12.4 Å². The molecule has 1 unspecified atom stereocenters. The second kappa shape index (κ2) is 9.11. The van der Waals surface area contributed by atoms with Crippen molar-refractivity contribution in [3.63, 3.8) is 0 Å². The second-order valence-electron chi connectivity index (χ2n) is 5.71. The summed E-state index contributed by atoms with van der Waals surface area (Å²) in [6.07, 6.45) is 0.243. The van der Waals surface area contributed by atoms with E-state index in [9.17, 15) is 9.59 Å². The van der Waals surface area contributed by atoms with Gasteiger partial charge in [-0.05, 0) is 43.6 Å². The molecule has 0 aliphatic carbocycles. The maximum atomic E-state index is 11.9. The summed E-state index contributed by atoms with van der Waals surface area (Å²) in [5, 5.41) is 9.41. The third kappa shape index (κ3) is 5.37. The number of benzene rings is 1. The maximum Gasteiger partial charge on any atom is 0.226 e. The first kappa shape index (κ1) is 19.7. The average molecular weight is 360 g/mol. The van der Waals surface area contributed by atoms with E-state index in [4.69, 9.17) is 11.6 Å². The van der Waals surface area contributed by atoms with Crippen molar-refractivity contribution in [1.82, 2.24) is 10.6 Å². The minimum atomic E-state index is -0.136. The number of hydrogen-bond acceptors (Lipinski definition) is 3. The topological polar surface area (TPSA) is 70.2 Å². The van der Waals surface area contributed by atoms with E-state index in [1.807, 2.05) is 19.9 Å². The first-order chi connectivity index (χ1) is 10.5. The highest BCUT2D eigenvalue weighted by molar-refractivity contribution is 6.31. The molecule has 1 atom stereocenters. The third-order valence-corrected chi connectivity index (χ3v) is 4.54. The molecule has 23 heavy (non-hydrogen) atoms. The van der Waals surface area contributed by atoms with Crippen molar-refractivity contribution < 1.29 is 9.59 Å². The monoisotopic (exact) mass is 359 g/mol. The zero-order valence-corrected chi connectivity index (χ0v) is 14.9. The van der Waals surface area contributed by atoms with Crippen LogP contribution in [0, 0.1) is 18.8 Å². The molecule has 0 radical (unpaired) electrons. The van der Waals surface area contributed by atoms with Gasteiger partial charge in [0.25, 0.3) is 0 Å². The van der Waals surface area contributed by atoms with Crippen molar-refractivity contribution in [1.29, 1.82) is 0 Å². The first-order valence-corrected chi connectivity index (χ1v) is 7.90. The lowest BCUT2D eigenvalue weighted by Gasteiger charge is -2.31. The fourth-order valence-corrected chi connectivity index (χ4v) is 2.47. The number of carbonyl (C=O) groups excluding carboxylic acids is 2. The largest absolute Gasteiger partial charge is 0.355 e. The Bertz CT molecular complexity index is 562. The lowest BCUT2D eigenvalue weighted by molar-refractivity contribution is -0.126. The minimum absolute atomic E-state index is 0. The molecule has 1 heterocycles. The molecule has 5 nitrogen and oxygen atoms in total. The van der Waals surface area contributed by atoms with E-state index in [1.54, 1.807) is 12.1 Å². The van der Waals surface area contributed by atoms with Gasteiger partial charge in [0.15, 0.2) is 0 Å². The Morgan fingerprint density at radius 2 is 2.09 bits per heavy atom. The highest BCUT2D eigenvalue weighted by Crippen LogP contribution is 2.22. The van der Waals surface area contributed by atoms with Gasteiger partial charge in [0.05, 0.1) is 0 Å². The number of carbonyl (C=O) groups is 2. The summed E-state index contributed by atoms with van der Waals surface area (Å²) in [7, 11) is 0. The molecule has 0 spiro atoms. The fourth-order valence-electron chi connectivity index (χ4n) is 2.29. The normalized spacial score (nSPS) is 15.1. The van der Waals surface area contributed by atoms with Gasteiger partial charge in [-0.2, -0.15) is 0 Å². The summed E-state index contributed by atoms with van der Waals surface area (Å²) in [5.41, 5.74) is 1.55. The molecule has 1 aliphatic heterocycles. The number of hydrogen-bond donors (Lipinski definition) is 3. The van der Waals surface area contributed by atoms with E-state index in [0.717, 1.165) is 18.7 Å². The lowest BCUT2D eigenvalue weighted by Crippen LogP contribution is -2.49. The van der Waals surface area contributed by atoms with Gasteiger partial charge in [0.2, 0.25) is 11.8 Å². The smallest absolute Gasteiger partial charge is 0.226 e. The number of amides is 2. The molecule has 3 N–H and O–H groups in total. The first-order valence-electron chi connectivity index (χ1n) is 7.52. The Hall–Kier alpha value is -1.30. The van der Waals surface area contributed by atoms with E-state index in [2.05, 4.69) is 16.0 Å². The zero-order valence-electron chi connectivity index (χ0n) is 13.3. The molecule has 1 aromatic rings. The predicted molar refractivity (Wildman–Crippen MR) is 95.2 cm³/mol. The Kier molecular flexibility index (Phi) is 7.82. The molecular weight excluding hydrogens is 337 g/mol. The summed E-state index contributed by atoms with van der Waals surface area (Å²) >= 11 is 6.01. The average Bonchev–Trinajstić information content (AvgIpc) is 2.42. The van der Waals surface area contributed by atoms with Gasteiger partial charge in [-0.1, -0.05) is 24.6 Å². The highest BCUT2D eigenvalue weighted by Gasteiger charge is 2.28. The molecule has 1 aliphatic rings. The quantitative estimate of drug-likeness (QED) is 0.730. The molecule has 2 rings (SSSR count). The lowest BCUT2D eigenvalue weighted by atomic mass is 9.88. The van der Waals surface area contributed by atoms with Crippen LogP contribution in [0.1, 0.15) is 18.9 Å². The van der Waals surface area contributed by atoms with Gasteiger partial charge in [-0.3, -0.25) is 9.59 Å². The van der Waals surface area contributed by atoms with Gasteiger partial charge < -0.3 is 16.0 Å². The summed E-state index contributed by atoms with van der Waals surface area (Å²) in [4.78, 5) is 23.8. The van der Waals surface area contributed by atoms with Crippen LogP contribution in [0.5, 0.6) is 0 Å². The molecule has 0 aromatic heterocycles. The Labute approximate surface area is 148 Å². The predicted octanol–water partition coefficient (Wildman–Crippen LogP) is 2.37. The third-order valence-electron chi connectivity index (χ3n) is 4.13. The van der Waals surface area contributed by atoms with E-state index in [0.29, 0.717) is 23.2 Å². The molecule has 1 saturated heterocycles. The van der Waals surface area contributed by atoms with Gasteiger partial charge in [0.1, 0.15) is 0 Å². The number of nitrogens with one attached hydrogen (secondary N) is 3. The van der Waals surface area contributed by atoms with Crippen molar-refractivity contribution in [2.75, 3.05) is 25.0 Å². The van der Waals surface area contributed by atoms with Crippen molar-refractivity contribution in [2.45, 2.75) is 20.3 Å². The molecular formula is C16H23Cl2N3O2. The van der Waals surface area contributed by atoms with Gasteiger partial charge in [-0.25, -0.2) is 0 Å². The Morgan fingerprint density at radius 3 is 2.70 bits per heavy atom. The SMILES string of the molecule is Cc1c(Cl)cccc1NC(=O)CCNC(=O)C(C)C1CNC1.Cl. The van der Waals surface area contributed by atoms with Crippen molar-refractivity contribution in [3.8, 4) is 0 Å². The van der Waals surface area contributed by atoms with Crippen LogP contribution in [0.3, 0.4) is 0 Å². The second-order valence-corrected chi connectivity index (χ2v) is 6.12. The van der Waals surface area contributed by atoms with E-state index < -0.39 is 0 Å². The van der Waals surface area contributed by atoms with Gasteiger partial charge >= 0.3 is 0 Å². The van der Waals surface area contributed by atoms with Crippen LogP contribution in [0.4, 0.5) is 5.69 Å². The molecule has 0 saturated carbocycles. The van der Waals surface area contributed by atoms with Crippen LogP contribution in [-0.4, -0.2) is 31.4 Å². The van der Waals surface area contributed by atoms with Gasteiger partial charge in [0, 0.05) is 29.6 Å². The standard InChI is InChI=1S/C16H22ClN3O2.ClH/c1-10(12-8-18-9-12)16(22)19-7-6-15(21)20-14-5-3-4-13(17)11(14)2;/h3-5,10,12,18H,6-9H2,1-2H3,(H,19,22)(H,20,21);1H. The van der Waals surface area contributed by atoms with E-state index in [-0.39, 0.29) is 36.6 Å². The maximum absolute atomic E-state index is 11.9. The molecule has 1 aromatic carbocycles. The van der Waals surface area contributed by atoms with Crippen molar-refractivity contribution >= 4 is 41.5 Å². The number of halogens is 2. The van der Waals surface area contributed by atoms with Crippen LogP contribution < -0.4 is 16.0 Å². The Morgan fingerprint density at radius 1 is 1.39 bits per heavy atom. The van der Waals surface area contributed by atoms with Crippen LogP contribution in [-0.2, 0) is 9.59 Å². The summed E-state index contributed by atoms with van der Waals surface area (Å²) in [5.74, 6) is 0.268. The van der Waals surface area contributed by atoms with Crippen LogP contribution >= 0.6 is 24.0 Å². The van der Waals surface area contributed by atoms with Crippen molar-refractivity contribution in [3.05, 3.63) is 28.8 Å². The summed E-state index contributed by atoms with van der Waals surface area (Å²) < 4.78 is 0.